The summed E-state index contributed by atoms with van der Waals surface area (Å²) in [7, 11) is 0. The lowest BCUT2D eigenvalue weighted by atomic mass is 10.2. The lowest BCUT2D eigenvalue weighted by Crippen LogP contribution is -1.92. The Morgan fingerprint density at radius 1 is 1.53 bits per heavy atom. The Morgan fingerprint density at radius 3 is 3.00 bits per heavy atom. The first kappa shape index (κ1) is 10.6. The van der Waals surface area contributed by atoms with Crippen LogP contribution in [0.4, 0.5) is 10.8 Å². The summed E-state index contributed by atoms with van der Waals surface area (Å²) in [6.07, 6.45) is 0. The number of nitrogens with zero attached hydrogens (tertiary/aromatic N) is 1. The van der Waals surface area contributed by atoms with E-state index in [2.05, 4.69) is 15.5 Å². The zero-order valence-corrected chi connectivity index (χ0v) is 10.3. The Labute approximate surface area is 101 Å². The van der Waals surface area contributed by atoms with E-state index in [1.165, 1.54) is 11.3 Å². The van der Waals surface area contributed by atoms with Gasteiger partial charge in [-0.1, -0.05) is 29.0 Å². The lowest BCUT2D eigenvalue weighted by Gasteiger charge is -2.06. The van der Waals surface area contributed by atoms with Gasteiger partial charge in [0.25, 0.3) is 0 Å². The van der Waals surface area contributed by atoms with Crippen LogP contribution in [0.25, 0.3) is 0 Å². The fraction of sp³-hybridized carbons (Fsp3) is 0.111. The number of H-pyrrole nitrogens is 1. The Bertz CT molecular complexity index is 532. The summed E-state index contributed by atoms with van der Waals surface area (Å²) in [4.78, 5) is 0. The average molecular weight is 258 g/mol. The molecular weight excluding hydrogens is 250 g/mol. The van der Waals surface area contributed by atoms with E-state index in [0.717, 1.165) is 21.4 Å². The van der Waals surface area contributed by atoms with Crippen LogP contribution in [0.15, 0.2) is 18.2 Å². The molecule has 2 aromatic rings. The van der Waals surface area contributed by atoms with Crippen molar-refractivity contribution in [3.05, 3.63) is 32.7 Å². The molecule has 3 nitrogen and oxygen atoms in total. The van der Waals surface area contributed by atoms with Crippen LogP contribution >= 0.6 is 35.2 Å². The topological polar surface area (TPSA) is 40.7 Å². The van der Waals surface area contributed by atoms with Crippen molar-refractivity contribution in [2.75, 3.05) is 5.32 Å². The monoisotopic (exact) mass is 257 g/mol. The molecule has 2 rings (SSSR count). The predicted molar refractivity (Wildman–Crippen MR) is 66.8 cm³/mol. The highest BCUT2D eigenvalue weighted by Crippen LogP contribution is 2.26. The fourth-order valence-corrected chi connectivity index (χ4v) is 2.12. The first-order valence-electron chi connectivity index (χ1n) is 4.24. The third-order valence-corrected chi connectivity index (χ3v) is 3.36. The molecule has 0 aliphatic rings. The number of nitrogens with one attached hydrogen (secondary N) is 2. The smallest absolute Gasteiger partial charge is 0.208 e. The molecule has 1 aromatic carbocycles. The molecule has 1 aromatic heterocycles. The van der Waals surface area contributed by atoms with Crippen molar-refractivity contribution in [3.63, 3.8) is 0 Å². The van der Waals surface area contributed by atoms with Crippen molar-refractivity contribution < 1.29 is 0 Å². The molecule has 0 unspecified atom stereocenters. The number of aromatic amines is 1. The van der Waals surface area contributed by atoms with E-state index in [0.29, 0.717) is 3.95 Å². The van der Waals surface area contributed by atoms with Gasteiger partial charge < -0.3 is 5.32 Å². The van der Waals surface area contributed by atoms with Gasteiger partial charge in [0, 0.05) is 10.7 Å². The van der Waals surface area contributed by atoms with Gasteiger partial charge >= 0.3 is 0 Å². The van der Waals surface area contributed by atoms with Crippen LogP contribution in [0.3, 0.4) is 0 Å². The van der Waals surface area contributed by atoms with Gasteiger partial charge in [-0.15, -0.1) is 5.10 Å². The maximum Gasteiger partial charge on any atom is 0.208 e. The molecule has 0 amide bonds. The van der Waals surface area contributed by atoms with Crippen LogP contribution in [-0.4, -0.2) is 10.2 Å². The van der Waals surface area contributed by atoms with E-state index in [-0.39, 0.29) is 0 Å². The number of halogens is 1. The maximum atomic E-state index is 6.00. The molecule has 0 fully saturated rings. The van der Waals surface area contributed by atoms with Crippen molar-refractivity contribution >= 4 is 46.0 Å². The number of hydrogen-bond acceptors (Lipinski definition) is 4. The minimum absolute atomic E-state index is 0.650. The van der Waals surface area contributed by atoms with Crippen LogP contribution in [0.1, 0.15) is 5.56 Å². The Balaban J connectivity index is 2.32. The zero-order chi connectivity index (χ0) is 10.8. The minimum atomic E-state index is 0.650. The van der Waals surface area contributed by atoms with Crippen LogP contribution in [-0.2, 0) is 0 Å². The molecule has 0 atom stereocenters. The molecule has 0 aliphatic carbocycles. The third kappa shape index (κ3) is 2.37. The Morgan fingerprint density at radius 2 is 2.33 bits per heavy atom. The molecular formula is C9H8ClN3S2. The van der Waals surface area contributed by atoms with E-state index in [1.807, 2.05) is 25.1 Å². The van der Waals surface area contributed by atoms with Crippen LogP contribution < -0.4 is 5.32 Å². The van der Waals surface area contributed by atoms with E-state index in [9.17, 15) is 0 Å². The SMILES string of the molecule is Cc1c(Cl)cccc1Nc1n[nH]c(=S)s1. The third-order valence-electron chi connectivity index (χ3n) is 1.95. The van der Waals surface area contributed by atoms with Crippen molar-refractivity contribution in [1.29, 1.82) is 0 Å². The van der Waals surface area contributed by atoms with Crippen molar-refractivity contribution in [3.8, 4) is 0 Å². The summed E-state index contributed by atoms with van der Waals surface area (Å²) in [6.45, 7) is 1.95. The highest BCUT2D eigenvalue weighted by atomic mass is 35.5. The Kier molecular flexibility index (Phi) is 3.04. The first-order chi connectivity index (χ1) is 7.16. The summed E-state index contributed by atoms with van der Waals surface area (Å²) >= 11 is 12.3. The van der Waals surface area contributed by atoms with Crippen molar-refractivity contribution in [1.82, 2.24) is 10.2 Å². The van der Waals surface area contributed by atoms with Gasteiger partial charge in [0.1, 0.15) is 0 Å². The van der Waals surface area contributed by atoms with Gasteiger partial charge in [-0.2, -0.15) is 0 Å². The van der Waals surface area contributed by atoms with E-state index in [1.54, 1.807) is 0 Å². The lowest BCUT2D eigenvalue weighted by molar-refractivity contribution is 1.08. The van der Waals surface area contributed by atoms with Crippen LogP contribution in [0.2, 0.25) is 5.02 Å². The fourth-order valence-electron chi connectivity index (χ4n) is 1.14. The predicted octanol–water partition coefficient (Wildman–Crippen LogP) is 3.91. The number of rotatable bonds is 2. The van der Waals surface area contributed by atoms with Gasteiger partial charge in [-0.3, -0.25) is 5.10 Å². The Hall–Kier alpha value is -0.910. The summed E-state index contributed by atoms with van der Waals surface area (Å²) in [5.74, 6) is 0. The molecule has 0 bridgehead atoms. The average Bonchev–Trinajstić information content (AvgIpc) is 2.59. The molecule has 0 radical (unpaired) electrons. The number of anilines is 2. The van der Waals surface area contributed by atoms with Gasteiger partial charge in [-0.25, -0.2) is 0 Å². The van der Waals surface area contributed by atoms with Gasteiger partial charge in [0.2, 0.25) is 5.13 Å². The van der Waals surface area contributed by atoms with Gasteiger partial charge in [0.15, 0.2) is 3.95 Å². The molecule has 6 heteroatoms. The summed E-state index contributed by atoms with van der Waals surface area (Å²) < 4.78 is 0.650. The first-order valence-corrected chi connectivity index (χ1v) is 5.85. The normalized spacial score (nSPS) is 10.3. The second-order valence-electron chi connectivity index (χ2n) is 2.96. The summed E-state index contributed by atoms with van der Waals surface area (Å²) in [5, 5.41) is 11.4. The molecule has 15 heavy (non-hydrogen) atoms. The van der Waals surface area contributed by atoms with Crippen molar-refractivity contribution in [2.24, 2.45) is 0 Å². The number of benzene rings is 1. The van der Waals surface area contributed by atoms with Gasteiger partial charge in [-0.05, 0) is 36.8 Å². The second-order valence-corrected chi connectivity index (χ2v) is 5.03. The second kappa shape index (κ2) is 4.30. The minimum Gasteiger partial charge on any atom is -0.330 e. The standard InChI is InChI=1S/C9H8ClN3S2/c1-5-6(10)3-2-4-7(5)11-8-12-13-9(14)15-8/h2-4H,1H3,(H,11,12)(H,13,14). The quantitative estimate of drug-likeness (QED) is 0.802. The highest BCUT2D eigenvalue weighted by molar-refractivity contribution is 7.73. The molecule has 0 aliphatic heterocycles. The highest BCUT2D eigenvalue weighted by Gasteiger charge is 2.03. The summed E-state index contributed by atoms with van der Waals surface area (Å²) in [5.41, 5.74) is 1.94. The molecule has 2 N–H and O–H groups in total. The van der Waals surface area contributed by atoms with Crippen molar-refractivity contribution in [2.45, 2.75) is 6.92 Å². The largest absolute Gasteiger partial charge is 0.330 e. The maximum absolute atomic E-state index is 6.00. The molecule has 0 saturated carbocycles. The van der Waals surface area contributed by atoms with Crippen LogP contribution in [0.5, 0.6) is 0 Å². The summed E-state index contributed by atoms with van der Waals surface area (Å²) in [6, 6.07) is 5.70. The molecule has 78 valence electrons. The molecule has 0 spiro atoms. The number of hydrogen-bond donors (Lipinski definition) is 2. The molecule has 1 heterocycles. The molecule has 0 saturated heterocycles. The van der Waals surface area contributed by atoms with E-state index >= 15 is 0 Å². The van der Waals surface area contributed by atoms with E-state index in [4.69, 9.17) is 23.8 Å². The zero-order valence-electron chi connectivity index (χ0n) is 7.87. The van der Waals surface area contributed by atoms with Gasteiger partial charge in [0.05, 0.1) is 0 Å². The van der Waals surface area contributed by atoms with E-state index < -0.39 is 0 Å². The number of aromatic nitrogens is 2. The van der Waals surface area contributed by atoms with Crippen LogP contribution in [0, 0.1) is 10.9 Å².